The zero-order valence-electron chi connectivity index (χ0n) is 17.6. The second-order valence-corrected chi connectivity index (χ2v) is 8.76. The number of anilines is 1. The molecule has 1 N–H and O–H groups in total. The summed E-state index contributed by atoms with van der Waals surface area (Å²) >= 11 is 1.39. The summed E-state index contributed by atoms with van der Waals surface area (Å²) < 4.78 is 13.6. The summed E-state index contributed by atoms with van der Waals surface area (Å²) in [6.07, 6.45) is 4.37. The van der Waals surface area contributed by atoms with E-state index in [1.54, 1.807) is 0 Å². The van der Waals surface area contributed by atoms with Gasteiger partial charge in [-0.15, -0.1) is 10.2 Å². The molecule has 1 amide bonds. The minimum atomic E-state index is -0.0790. The number of nitrogens with zero attached hydrogens (tertiary/aromatic N) is 3. The number of rotatable bonds is 8. The number of nitrogens with one attached hydrogen (secondary N) is 1. The van der Waals surface area contributed by atoms with Crippen molar-refractivity contribution in [1.82, 2.24) is 14.8 Å². The van der Waals surface area contributed by atoms with Gasteiger partial charge in [0.25, 0.3) is 0 Å². The second-order valence-electron chi connectivity index (χ2n) is 7.75. The van der Waals surface area contributed by atoms with Crippen molar-refractivity contribution in [2.45, 2.75) is 38.5 Å². The van der Waals surface area contributed by atoms with Gasteiger partial charge >= 0.3 is 0 Å². The molecule has 0 spiro atoms. The van der Waals surface area contributed by atoms with E-state index in [-0.39, 0.29) is 12.0 Å². The average molecular weight is 449 g/mol. The number of hydrogen-bond acceptors (Lipinski definition) is 6. The molecule has 3 heterocycles. The van der Waals surface area contributed by atoms with Gasteiger partial charge in [0.05, 0.1) is 0 Å². The summed E-state index contributed by atoms with van der Waals surface area (Å²) in [7, 11) is 0. The molecule has 8 heteroatoms. The molecule has 1 atom stereocenters. The molecular formula is C24H24N4O3S. The van der Waals surface area contributed by atoms with Crippen LogP contribution in [-0.4, -0.2) is 27.3 Å². The highest BCUT2D eigenvalue weighted by atomic mass is 32.1. The molecule has 5 rings (SSSR count). The molecule has 1 aliphatic heterocycles. The van der Waals surface area contributed by atoms with Gasteiger partial charge in [0.2, 0.25) is 11.0 Å². The van der Waals surface area contributed by atoms with E-state index in [4.69, 9.17) is 9.47 Å². The molecule has 4 aromatic rings. The third kappa shape index (κ3) is 4.81. The monoisotopic (exact) mass is 448 g/mol. The molecule has 2 aromatic carbocycles. The van der Waals surface area contributed by atoms with Crippen LogP contribution in [0.3, 0.4) is 0 Å². The van der Waals surface area contributed by atoms with E-state index in [1.807, 2.05) is 60.8 Å². The standard InChI is InChI=1S/C24H24N4O3S/c29-22(25-24-27-26-23(32-24)21-7-4-14-30-21)11-13-28-12-10-18-15-19(8-9-20(18)28)31-16-17-5-2-1-3-6-17/h1-3,5-6,8-10,12,15,21H,4,7,11,13-14,16H2,(H,25,27,29). The van der Waals surface area contributed by atoms with Crippen LogP contribution in [0.4, 0.5) is 5.13 Å². The summed E-state index contributed by atoms with van der Waals surface area (Å²) in [5, 5.41) is 13.5. The molecule has 1 unspecified atom stereocenters. The van der Waals surface area contributed by atoms with E-state index < -0.39 is 0 Å². The Morgan fingerprint density at radius 3 is 2.94 bits per heavy atom. The van der Waals surface area contributed by atoms with Crippen molar-refractivity contribution >= 4 is 33.3 Å². The Hall–Kier alpha value is -3.23. The summed E-state index contributed by atoms with van der Waals surface area (Å²) in [4.78, 5) is 12.4. The van der Waals surface area contributed by atoms with Crippen LogP contribution in [0.1, 0.15) is 35.9 Å². The topological polar surface area (TPSA) is 78.3 Å². The lowest BCUT2D eigenvalue weighted by Gasteiger charge is -2.08. The minimum Gasteiger partial charge on any atom is -0.489 e. The smallest absolute Gasteiger partial charge is 0.227 e. The van der Waals surface area contributed by atoms with Crippen LogP contribution in [0.2, 0.25) is 0 Å². The quantitative estimate of drug-likeness (QED) is 0.413. The Morgan fingerprint density at radius 1 is 1.19 bits per heavy atom. The van der Waals surface area contributed by atoms with Gasteiger partial charge in [-0.2, -0.15) is 0 Å². The van der Waals surface area contributed by atoms with Crippen LogP contribution in [0.5, 0.6) is 5.75 Å². The number of aryl methyl sites for hydroxylation is 1. The van der Waals surface area contributed by atoms with Crippen molar-refractivity contribution in [2.75, 3.05) is 11.9 Å². The predicted molar refractivity (Wildman–Crippen MR) is 124 cm³/mol. The highest BCUT2D eigenvalue weighted by Crippen LogP contribution is 2.32. The number of fused-ring (bicyclic) bond motifs is 1. The number of aromatic nitrogens is 3. The highest BCUT2D eigenvalue weighted by Gasteiger charge is 2.22. The molecule has 1 fully saturated rings. The molecule has 7 nitrogen and oxygen atoms in total. The fourth-order valence-corrected chi connectivity index (χ4v) is 4.64. The Kier molecular flexibility index (Phi) is 6.13. The average Bonchev–Trinajstić information content (AvgIpc) is 3.57. The van der Waals surface area contributed by atoms with Crippen LogP contribution < -0.4 is 10.1 Å². The number of carbonyl (C=O) groups excluding carboxylic acids is 1. The Bertz CT molecular complexity index is 1200. The molecule has 1 saturated heterocycles. The summed E-state index contributed by atoms with van der Waals surface area (Å²) in [5.41, 5.74) is 2.20. The predicted octanol–water partition coefficient (Wildman–Crippen LogP) is 4.95. The highest BCUT2D eigenvalue weighted by molar-refractivity contribution is 7.15. The van der Waals surface area contributed by atoms with E-state index in [0.29, 0.717) is 24.7 Å². The second kappa shape index (κ2) is 9.50. The maximum Gasteiger partial charge on any atom is 0.227 e. The van der Waals surface area contributed by atoms with Crippen LogP contribution in [0, 0.1) is 0 Å². The SMILES string of the molecule is O=C(CCn1ccc2cc(OCc3ccccc3)ccc21)Nc1nnc(C2CCCO2)s1. The molecule has 164 valence electrons. The first kappa shape index (κ1) is 20.7. The Morgan fingerprint density at radius 2 is 2.09 bits per heavy atom. The van der Waals surface area contributed by atoms with Gasteiger partial charge in [0.15, 0.2) is 0 Å². The van der Waals surface area contributed by atoms with Crippen molar-refractivity contribution in [1.29, 1.82) is 0 Å². The van der Waals surface area contributed by atoms with Crippen LogP contribution >= 0.6 is 11.3 Å². The maximum absolute atomic E-state index is 12.4. The van der Waals surface area contributed by atoms with Crippen LogP contribution in [0.15, 0.2) is 60.8 Å². The van der Waals surface area contributed by atoms with Gasteiger partial charge in [-0.25, -0.2) is 0 Å². The third-order valence-corrected chi connectivity index (χ3v) is 6.39. The molecule has 1 aliphatic rings. The molecule has 0 saturated carbocycles. The lowest BCUT2D eigenvalue weighted by Crippen LogP contribution is -2.14. The van der Waals surface area contributed by atoms with Gasteiger partial charge in [0, 0.05) is 36.7 Å². The lowest BCUT2D eigenvalue weighted by molar-refractivity contribution is -0.116. The molecule has 2 aromatic heterocycles. The van der Waals surface area contributed by atoms with E-state index >= 15 is 0 Å². The maximum atomic E-state index is 12.4. The van der Waals surface area contributed by atoms with Gasteiger partial charge in [-0.3, -0.25) is 4.79 Å². The molecule has 0 bridgehead atoms. The zero-order chi connectivity index (χ0) is 21.8. The van der Waals surface area contributed by atoms with Gasteiger partial charge in [0.1, 0.15) is 23.5 Å². The number of carbonyl (C=O) groups is 1. The number of hydrogen-bond donors (Lipinski definition) is 1. The minimum absolute atomic E-state index is 0.0194. The van der Waals surface area contributed by atoms with Crippen molar-refractivity contribution in [3.63, 3.8) is 0 Å². The van der Waals surface area contributed by atoms with Crippen molar-refractivity contribution in [3.05, 3.63) is 71.4 Å². The van der Waals surface area contributed by atoms with Crippen molar-refractivity contribution in [3.8, 4) is 5.75 Å². The summed E-state index contributed by atoms with van der Waals surface area (Å²) in [6.45, 7) is 1.88. The first-order chi connectivity index (χ1) is 15.7. The zero-order valence-corrected chi connectivity index (χ0v) is 18.4. The first-order valence-corrected chi connectivity index (χ1v) is 11.6. The number of amides is 1. The van der Waals surface area contributed by atoms with E-state index in [2.05, 4.69) is 20.1 Å². The third-order valence-electron chi connectivity index (χ3n) is 5.46. The molecular weight excluding hydrogens is 424 g/mol. The van der Waals surface area contributed by atoms with Crippen molar-refractivity contribution in [2.24, 2.45) is 0 Å². The fourth-order valence-electron chi connectivity index (χ4n) is 3.80. The molecule has 0 radical (unpaired) electrons. The fraction of sp³-hybridized carbons (Fsp3) is 0.292. The first-order valence-electron chi connectivity index (χ1n) is 10.7. The van der Waals surface area contributed by atoms with E-state index in [0.717, 1.165) is 46.7 Å². The van der Waals surface area contributed by atoms with Crippen molar-refractivity contribution < 1.29 is 14.3 Å². The Labute approximate surface area is 190 Å². The number of benzene rings is 2. The van der Waals surface area contributed by atoms with Gasteiger partial charge < -0.3 is 19.4 Å². The Balaban J connectivity index is 1.16. The largest absolute Gasteiger partial charge is 0.489 e. The van der Waals surface area contributed by atoms with E-state index in [9.17, 15) is 4.79 Å². The lowest BCUT2D eigenvalue weighted by atomic mass is 10.2. The molecule has 0 aliphatic carbocycles. The number of ether oxygens (including phenoxy) is 2. The van der Waals surface area contributed by atoms with Gasteiger partial charge in [-0.1, -0.05) is 41.7 Å². The summed E-state index contributed by atoms with van der Waals surface area (Å²) in [6, 6.07) is 18.2. The van der Waals surface area contributed by atoms with Crippen LogP contribution in [-0.2, 0) is 22.7 Å². The molecule has 32 heavy (non-hydrogen) atoms. The van der Waals surface area contributed by atoms with Crippen LogP contribution in [0.25, 0.3) is 10.9 Å². The normalized spacial score (nSPS) is 15.8. The van der Waals surface area contributed by atoms with E-state index in [1.165, 1.54) is 11.3 Å². The van der Waals surface area contributed by atoms with Gasteiger partial charge in [-0.05, 0) is 42.7 Å². The summed E-state index contributed by atoms with van der Waals surface area (Å²) in [5.74, 6) is 0.750.